The summed E-state index contributed by atoms with van der Waals surface area (Å²) < 4.78 is 9.58. The van der Waals surface area contributed by atoms with Gasteiger partial charge in [0.2, 0.25) is 0 Å². The van der Waals surface area contributed by atoms with Gasteiger partial charge >= 0.3 is 12.0 Å². The second-order valence-electron chi connectivity index (χ2n) is 3.18. The first-order valence-corrected chi connectivity index (χ1v) is 5.46. The maximum Gasteiger partial charge on any atom is 0.325 e. The highest BCUT2D eigenvalue weighted by Crippen LogP contribution is 2.14. The fourth-order valence-corrected chi connectivity index (χ4v) is 1.13. The van der Waals surface area contributed by atoms with E-state index in [9.17, 15) is 9.59 Å². The number of amides is 2. The van der Waals surface area contributed by atoms with Crippen molar-refractivity contribution in [3.8, 4) is 5.75 Å². The predicted octanol–water partition coefficient (Wildman–Crippen LogP) is 1.15. The van der Waals surface area contributed by atoms with E-state index in [1.807, 2.05) is 0 Å². The van der Waals surface area contributed by atoms with Gasteiger partial charge in [0.15, 0.2) is 6.73 Å². The van der Waals surface area contributed by atoms with Crippen LogP contribution in [-0.2, 0) is 9.53 Å². The van der Waals surface area contributed by atoms with Crippen LogP contribution in [0.5, 0.6) is 5.75 Å². The van der Waals surface area contributed by atoms with Gasteiger partial charge in [-0.05, 0) is 24.3 Å². The van der Waals surface area contributed by atoms with Crippen LogP contribution < -0.4 is 15.4 Å². The molecule has 18 heavy (non-hydrogen) atoms. The Labute approximate surface area is 109 Å². The van der Waals surface area contributed by atoms with Gasteiger partial charge in [0, 0.05) is 5.02 Å². The van der Waals surface area contributed by atoms with E-state index in [2.05, 4.69) is 15.4 Å². The third kappa shape index (κ3) is 5.40. The molecule has 0 aliphatic carbocycles. The van der Waals surface area contributed by atoms with Crippen molar-refractivity contribution in [1.82, 2.24) is 10.6 Å². The quantitative estimate of drug-likeness (QED) is 0.623. The van der Waals surface area contributed by atoms with Crippen molar-refractivity contribution >= 4 is 23.6 Å². The second-order valence-corrected chi connectivity index (χ2v) is 3.61. The van der Waals surface area contributed by atoms with E-state index >= 15 is 0 Å². The van der Waals surface area contributed by atoms with Gasteiger partial charge in [-0.25, -0.2) is 4.79 Å². The van der Waals surface area contributed by atoms with Crippen molar-refractivity contribution in [3.63, 3.8) is 0 Å². The molecule has 0 spiro atoms. The molecule has 1 aromatic rings. The minimum Gasteiger partial charge on any atom is -0.473 e. The molecule has 0 saturated carbocycles. The first-order chi connectivity index (χ1) is 8.61. The van der Waals surface area contributed by atoms with Crippen molar-refractivity contribution in [2.45, 2.75) is 0 Å². The third-order valence-corrected chi connectivity index (χ3v) is 2.16. The van der Waals surface area contributed by atoms with E-state index in [1.165, 1.54) is 7.11 Å². The Morgan fingerprint density at radius 1 is 1.22 bits per heavy atom. The molecule has 0 unspecified atom stereocenters. The Bertz CT molecular complexity index is 408. The minimum absolute atomic E-state index is 0.0192. The fraction of sp³-hybridized carbons (Fsp3) is 0.273. The summed E-state index contributed by atoms with van der Waals surface area (Å²) >= 11 is 5.70. The number of urea groups is 1. The number of ether oxygens (including phenoxy) is 2. The third-order valence-electron chi connectivity index (χ3n) is 1.91. The molecule has 98 valence electrons. The molecule has 2 N–H and O–H groups in total. The van der Waals surface area contributed by atoms with Crippen LogP contribution in [0.4, 0.5) is 4.79 Å². The van der Waals surface area contributed by atoms with Crippen LogP contribution in [0.1, 0.15) is 0 Å². The lowest BCUT2D eigenvalue weighted by molar-refractivity contribution is -0.139. The molecule has 7 heteroatoms. The molecular weight excluding hydrogens is 260 g/mol. The van der Waals surface area contributed by atoms with Crippen molar-refractivity contribution < 1.29 is 19.1 Å². The fourth-order valence-electron chi connectivity index (χ4n) is 1.00. The lowest BCUT2D eigenvalue weighted by Crippen LogP contribution is -2.40. The van der Waals surface area contributed by atoms with E-state index in [4.69, 9.17) is 16.3 Å². The van der Waals surface area contributed by atoms with Crippen LogP contribution in [0.2, 0.25) is 5.02 Å². The first kappa shape index (κ1) is 14.1. The monoisotopic (exact) mass is 272 g/mol. The van der Waals surface area contributed by atoms with E-state index in [-0.39, 0.29) is 13.3 Å². The highest BCUT2D eigenvalue weighted by atomic mass is 35.5. The summed E-state index contributed by atoms with van der Waals surface area (Å²) in [6.45, 7) is -0.210. The summed E-state index contributed by atoms with van der Waals surface area (Å²) in [6.07, 6.45) is 0. The van der Waals surface area contributed by atoms with Crippen LogP contribution in [-0.4, -0.2) is 32.4 Å². The number of nitrogens with one attached hydrogen (secondary N) is 2. The highest BCUT2D eigenvalue weighted by Gasteiger charge is 2.03. The largest absolute Gasteiger partial charge is 0.473 e. The lowest BCUT2D eigenvalue weighted by atomic mass is 10.3. The van der Waals surface area contributed by atoms with Crippen molar-refractivity contribution in [2.75, 3.05) is 20.4 Å². The van der Waals surface area contributed by atoms with Crippen molar-refractivity contribution in [1.29, 1.82) is 0 Å². The summed E-state index contributed by atoms with van der Waals surface area (Å²) in [5.41, 5.74) is 0. The Morgan fingerprint density at radius 3 is 2.50 bits per heavy atom. The number of hydrogen-bond donors (Lipinski definition) is 2. The standard InChI is InChI=1S/C11H13ClN2O4/c1-17-10(15)6-13-11(16)14-7-18-9-4-2-8(12)3-5-9/h2-5H,6-7H2,1H3,(H2,13,14,16). The molecule has 1 aromatic carbocycles. The van der Waals surface area contributed by atoms with E-state index in [1.54, 1.807) is 24.3 Å². The Hall–Kier alpha value is -1.95. The Morgan fingerprint density at radius 2 is 1.89 bits per heavy atom. The van der Waals surface area contributed by atoms with Crippen LogP contribution in [0, 0.1) is 0 Å². The molecule has 2 amide bonds. The summed E-state index contributed by atoms with van der Waals surface area (Å²) in [4.78, 5) is 21.9. The van der Waals surface area contributed by atoms with Gasteiger partial charge in [-0.3, -0.25) is 4.79 Å². The highest BCUT2D eigenvalue weighted by molar-refractivity contribution is 6.30. The zero-order chi connectivity index (χ0) is 13.4. The van der Waals surface area contributed by atoms with Gasteiger partial charge < -0.3 is 20.1 Å². The summed E-state index contributed by atoms with van der Waals surface area (Å²) in [5.74, 6) is 0.0523. The number of hydrogen-bond acceptors (Lipinski definition) is 4. The van der Waals surface area contributed by atoms with Gasteiger partial charge in [-0.1, -0.05) is 11.6 Å². The number of carbonyl (C=O) groups is 2. The summed E-state index contributed by atoms with van der Waals surface area (Å²) in [5, 5.41) is 5.32. The average molecular weight is 273 g/mol. The van der Waals surface area contributed by atoms with Crippen molar-refractivity contribution in [2.24, 2.45) is 0 Å². The molecule has 0 aromatic heterocycles. The Kier molecular flexibility index (Phi) is 5.79. The SMILES string of the molecule is COC(=O)CNC(=O)NCOc1ccc(Cl)cc1. The van der Waals surface area contributed by atoms with Crippen LogP contribution in [0.15, 0.2) is 24.3 Å². The second kappa shape index (κ2) is 7.39. The molecule has 0 atom stereocenters. The van der Waals surface area contributed by atoms with Gasteiger partial charge in [0.05, 0.1) is 7.11 Å². The normalized spacial score (nSPS) is 9.44. The maximum absolute atomic E-state index is 11.2. The van der Waals surface area contributed by atoms with Crippen LogP contribution in [0.3, 0.4) is 0 Å². The number of carbonyl (C=O) groups excluding carboxylic acids is 2. The molecule has 1 rings (SSSR count). The summed E-state index contributed by atoms with van der Waals surface area (Å²) in [6, 6.07) is 6.18. The summed E-state index contributed by atoms with van der Waals surface area (Å²) in [7, 11) is 1.24. The lowest BCUT2D eigenvalue weighted by Gasteiger charge is -2.08. The van der Waals surface area contributed by atoms with E-state index in [0.717, 1.165) is 0 Å². The number of rotatable bonds is 5. The molecular formula is C11H13ClN2O4. The average Bonchev–Trinajstić information content (AvgIpc) is 2.38. The van der Waals surface area contributed by atoms with Crippen LogP contribution >= 0.6 is 11.6 Å². The molecule has 0 saturated heterocycles. The number of halogens is 1. The predicted molar refractivity (Wildman–Crippen MR) is 65.5 cm³/mol. The van der Waals surface area contributed by atoms with Gasteiger partial charge in [0.25, 0.3) is 0 Å². The number of benzene rings is 1. The molecule has 0 aliphatic rings. The number of methoxy groups -OCH3 is 1. The van der Waals surface area contributed by atoms with Crippen LogP contribution in [0.25, 0.3) is 0 Å². The van der Waals surface area contributed by atoms with E-state index < -0.39 is 12.0 Å². The van der Waals surface area contributed by atoms with Gasteiger partial charge in [-0.15, -0.1) is 0 Å². The maximum atomic E-state index is 11.2. The zero-order valence-electron chi connectivity index (χ0n) is 9.73. The first-order valence-electron chi connectivity index (χ1n) is 5.08. The van der Waals surface area contributed by atoms with Gasteiger partial charge in [0.1, 0.15) is 12.3 Å². The zero-order valence-corrected chi connectivity index (χ0v) is 10.5. The molecule has 6 nitrogen and oxygen atoms in total. The molecule has 0 fully saturated rings. The topological polar surface area (TPSA) is 76.7 Å². The van der Waals surface area contributed by atoms with E-state index in [0.29, 0.717) is 10.8 Å². The minimum atomic E-state index is -0.524. The molecule has 0 bridgehead atoms. The van der Waals surface area contributed by atoms with Crippen molar-refractivity contribution in [3.05, 3.63) is 29.3 Å². The molecule has 0 aliphatic heterocycles. The van der Waals surface area contributed by atoms with Gasteiger partial charge in [-0.2, -0.15) is 0 Å². The molecule has 0 radical (unpaired) electrons. The Balaban J connectivity index is 2.19. The smallest absolute Gasteiger partial charge is 0.325 e. The molecule has 0 heterocycles. The number of esters is 1.